The van der Waals surface area contributed by atoms with Crippen LogP contribution in [0.3, 0.4) is 0 Å². The summed E-state index contributed by atoms with van der Waals surface area (Å²) in [6.07, 6.45) is 3.54. The van der Waals surface area contributed by atoms with Crippen LogP contribution in [0.5, 0.6) is 0 Å². The van der Waals surface area contributed by atoms with Crippen LogP contribution in [-0.4, -0.2) is 17.7 Å². The summed E-state index contributed by atoms with van der Waals surface area (Å²) in [6.45, 7) is 0. The minimum Gasteiger partial charge on any atom is -0.291 e. The fraction of sp³-hybridized carbons (Fsp3) is 0.500. The third-order valence-corrected chi connectivity index (χ3v) is 2.89. The van der Waals surface area contributed by atoms with Crippen LogP contribution in [0.2, 0.25) is 0 Å². The average molecular weight is 166 g/mol. The molecule has 1 aromatic heterocycles. The number of thiazole rings is 1. The molecule has 0 saturated carbocycles. The van der Waals surface area contributed by atoms with Gasteiger partial charge in [-0.25, -0.2) is 4.98 Å². The molecule has 0 saturated heterocycles. The highest BCUT2D eigenvalue weighted by molar-refractivity contribution is 7.10. The molecule has 11 heavy (non-hydrogen) atoms. The van der Waals surface area contributed by atoms with E-state index >= 15 is 0 Å². The van der Waals surface area contributed by atoms with Crippen LogP contribution < -0.4 is 0 Å². The molecule has 1 aliphatic rings. The van der Waals surface area contributed by atoms with Crippen molar-refractivity contribution in [2.75, 3.05) is 7.05 Å². The molecule has 0 N–H and O–H groups in total. The lowest BCUT2D eigenvalue weighted by Gasteiger charge is -2.10. The zero-order valence-corrected chi connectivity index (χ0v) is 7.32. The van der Waals surface area contributed by atoms with Gasteiger partial charge < -0.3 is 0 Å². The van der Waals surface area contributed by atoms with Crippen LogP contribution in [0.4, 0.5) is 0 Å². The predicted molar refractivity (Wildman–Crippen MR) is 47.5 cm³/mol. The molecule has 0 unspecified atom stereocenters. The smallest absolute Gasteiger partial charge is 0.0980 e. The molecule has 0 bridgehead atoms. The highest BCUT2D eigenvalue weighted by Crippen LogP contribution is 2.23. The van der Waals surface area contributed by atoms with Crippen LogP contribution >= 0.6 is 11.3 Å². The first kappa shape index (κ1) is 6.98. The third kappa shape index (κ3) is 1.09. The molecule has 0 aromatic carbocycles. The Balaban J connectivity index is 2.48. The van der Waals surface area contributed by atoms with E-state index in [1.165, 1.54) is 23.4 Å². The summed E-state index contributed by atoms with van der Waals surface area (Å²) >= 11 is 1.75. The van der Waals surface area contributed by atoms with E-state index in [0.717, 1.165) is 12.1 Å². The van der Waals surface area contributed by atoms with Gasteiger partial charge in [0.15, 0.2) is 0 Å². The first-order valence-corrected chi connectivity index (χ1v) is 4.68. The number of aryl methyl sites for hydroxylation is 1. The second-order valence-electron chi connectivity index (χ2n) is 2.65. The fourth-order valence-corrected chi connectivity index (χ4v) is 2.27. The zero-order chi connectivity index (χ0) is 7.68. The van der Waals surface area contributed by atoms with E-state index < -0.39 is 0 Å². The van der Waals surface area contributed by atoms with Gasteiger partial charge in [0.2, 0.25) is 0 Å². The SMILES string of the molecule is CN=C1CCCc2scnc21. The molecule has 3 heteroatoms. The molecule has 1 aromatic rings. The maximum Gasteiger partial charge on any atom is 0.0980 e. The van der Waals surface area contributed by atoms with E-state index in [1.807, 2.05) is 12.6 Å². The van der Waals surface area contributed by atoms with Crippen LogP contribution in [0.1, 0.15) is 23.4 Å². The van der Waals surface area contributed by atoms with Crippen molar-refractivity contribution in [2.24, 2.45) is 4.99 Å². The summed E-state index contributed by atoms with van der Waals surface area (Å²) in [6, 6.07) is 0. The summed E-state index contributed by atoms with van der Waals surface area (Å²) < 4.78 is 0. The van der Waals surface area contributed by atoms with Gasteiger partial charge >= 0.3 is 0 Å². The molecular formula is C8H10N2S. The molecule has 0 spiro atoms. The molecule has 0 atom stereocenters. The molecule has 1 heterocycles. The van der Waals surface area contributed by atoms with Crippen molar-refractivity contribution in [3.8, 4) is 0 Å². The van der Waals surface area contributed by atoms with Crippen molar-refractivity contribution in [3.63, 3.8) is 0 Å². The van der Waals surface area contributed by atoms with E-state index in [4.69, 9.17) is 0 Å². The molecule has 1 aliphatic carbocycles. The Morgan fingerprint density at radius 3 is 3.27 bits per heavy atom. The normalized spacial score (nSPS) is 20.3. The second-order valence-corrected chi connectivity index (χ2v) is 3.59. The number of fused-ring (bicyclic) bond motifs is 1. The standard InChI is InChI=1S/C8H10N2S/c1-9-6-3-2-4-7-8(6)10-5-11-7/h5H,2-4H2,1H3. The summed E-state index contributed by atoms with van der Waals surface area (Å²) in [5, 5.41) is 0. The van der Waals surface area contributed by atoms with Crippen molar-refractivity contribution in [3.05, 3.63) is 16.1 Å². The predicted octanol–water partition coefficient (Wildman–Crippen LogP) is 1.90. The lowest BCUT2D eigenvalue weighted by molar-refractivity contribution is 0.845. The van der Waals surface area contributed by atoms with Crippen LogP contribution in [0.25, 0.3) is 0 Å². The van der Waals surface area contributed by atoms with Gasteiger partial charge in [-0.2, -0.15) is 0 Å². The maximum atomic E-state index is 4.30. The van der Waals surface area contributed by atoms with Gasteiger partial charge in [-0.05, 0) is 19.3 Å². The second kappa shape index (κ2) is 2.74. The van der Waals surface area contributed by atoms with E-state index in [2.05, 4.69) is 9.98 Å². The van der Waals surface area contributed by atoms with Crippen LogP contribution in [-0.2, 0) is 6.42 Å². The number of rotatable bonds is 0. The summed E-state index contributed by atoms with van der Waals surface area (Å²) in [5.74, 6) is 0. The Kier molecular flexibility index (Phi) is 1.74. The summed E-state index contributed by atoms with van der Waals surface area (Å²) in [5.41, 5.74) is 4.26. The van der Waals surface area contributed by atoms with Gasteiger partial charge in [-0.1, -0.05) is 0 Å². The van der Waals surface area contributed by atoms with Crippen molar-refractivity contribution in [1.29, 1.82) is 0 Å². The molecule has 0 aliphatic heterocycles. The monoisotopic (exact) mass is 166 g/mol. The lowest BCUT2D eigenvalue weighted by atomic mass is 10.0. The number of hydrogen-bond acceptors (Lipinski definition) is 3. The maximum absolute atomic E-state index is 4.30. The number of hydrogen-bond donors (Lipinski definition) is 0. The molecule has 0 amide bonds. The molecule has 58 valence electrons. The molecule has 0 radical (unpaired) electrons. The molecule has 2 nitrogen and oxygen atoms in total. The fourth-order valence-electron chi connectivity index (χ4n) is 1.44. The number of aromatic nitrogens is 1. The van der Waals surface area contributed by atoms with E-state index in [0.29, 0.717) is 0 Å². The Labute approximate surface area is 70.0 Å². The zero-order valence-electron chi connectivity index (χ0n) is 6.50. The van der Waals surface area contributed by atoms with Gasteiger partial charge in [-0.15, -0.1) is 11.3 Å². The van der Waals surface area contributed by atoms with Crippen molar-refractivity contribution >= 4 is 17.0 Å². The van der Waals surface area contributed by atoms with Gasteiger partial charge in [0.1, 0.15) is 0 Å². The van der Waals surface area contributed by atoms with E-state index in [-0.39, 0.29) is 0 Å². The van der Waals surface area contributed by atoms with Crippen molar-refractivity contribution in [1.82, 2.24) is 4.98 Å². The largest absolute Gasteiger partial charge is 0.291 e. The highest BCUT2D eigenvalue weighted by atomic mass is 32.1. The quantitative estimate of drug-likeness (QED) is 0.578. The van der Waals surface area contributed by atoms with Gasteiger partial charge in [-0.3, -0.25) is 4.99 Å². The lowest BCUT2D eigenvalue weighted by Crippen LogP contribution is -2.10. The van der Waals surface area contributed by atoms with Crippen molar-refractivity contribution < 1.29 is 0 Å². The molecule has 2 rings (SSSR count). The molecule has 0 fully saturated rings. The summed E-state index contributed by atoms with van der Waals surface area (Å²) in [7, 11) is 1.85. The first-order valence-electron chi connectivity index (χ1n) is 3.80. The Bertz CT molecular complexity index is 288. The molecular weight excluding hydrogens is 156 g/mol. The first-order chi connectivity index (χ1) is 5.42. The average Bonchev–Trinajstić information content (AvgIpc) is 2.50. The minimum absolute atomic E-state index is 1.10. The van der Waals surface area contributed by atoms with Gasteiger partial charge in [0.25, 0.3) is 0 Å². The third-order valence-electron chi connectivity index (χ3n) is 2.00. The van der Waals surface area contributed by atoms with Crippen molar-refractivity contribution in [2.45, 2.75) is 19.3 Å². The Hall–Kier alpha value is -0.700. The van der Waals surface area contributed by atoms with E-state index in [9.17, 15) is 0 Å². The van der Waals surface area contributed by atoms with Gasteiger partial charge in [0, 0.05) is 11.9 Å². The number of aliphatic imine (C=N–C) groups is 1. The van der Waals surface area contributed by atoms with E-state index in [1.54, 1.807) is 11.3 Å². The summed E-state index contributed by atoms with van der Waals surface area (Å²) in [4.78, 5) is 9.93. The Morgan fingerprint density at radius 2 is 2.45 bits per heavy atom. The minimum atomic E-state index is 1.10. The number of nitrogens with zero attached hydrogens (tertiary/aromatic N) is 2. The van der Waals surface area contributed by atoms with Crippen LogP contribution in [0.15, 0.2) is 10.5 Å². The highest BCUT2D eigenvalue weighted by Gasteiger charge is 2.16. The Morgan fingerprint density at radius 1 is 1.55 bits per heavy atom. The van der Waals surface area contributed by atoms with Gasteiger partial charge in [0.05, 0.1) is 16.9 Å². The van der Waals surface area contributed by atoms with Crippen LogP contribution in [0, 0.1) is 0 Å². The topological polar surface area (TPSA) is 25.2 Å².